The van der Waals surface area contributed by atoms with Gasteiger partial charge in [0.15, 0.2) is 5.65 Å². The van der Waals surface area contributed by atoms with Gasteiger partial charge in [0.05, 0.1) is 11.9 Å². The van der Waals surface area contributed by atoms with E-state index in [-0.39, 0.29) is 0 Å². The van der Waals surface area contributed by atoms with E-state index in [2.05, 4.69) is 23.9 Å². The molecular formula is C9H12N4. The van der Waals surface area contributed by atoms with Crippen molar-refractivity contribution in [2.75, 3.05) is 5.73 Å². The minimum Gasteiger partial charge on any atom is -0.382 e. The van der Waals surface area contributed by atoms with Gasteiger partial charge in [-0.1, -0.05) is 13.8 Å². The first-order chi connectivity index (χ1) is 6.16. The highest BCUT2D eigenvalue weighted by Gasteiger charge is 2.03. The summed E-state index contributed by atoms with van der Waals surface area (Å²) in [5, 5.41) is 4.37. The first-order valence-electron chi connectivity index (χ1n) is 4.28. The van der Waals surface area contributed by atoms with E-state index in [0.717, 1.165) is 11.3 Å². The second kappa shape index (κ2) is 2.73. The van der Waals surface area contributed by atoms with Crippen molar-refractivity contribution in [3.63, 3.8) is 0 Å². The molecule has 0 bridgehead atoms. The summed E-state index contributed by atoms with van der Waals surface area (Å²) in [4.78, 5) is 4.09. The molecule has 0 spiro atoms. The van der Waals surface area contributed by atoms with Gasteiger partial charge in [-0.25, -0.2) is 9.50 Å². The molecule has 2 N–H and O–H groups in total. The van der Waals surface area contributed by atoms with Crippen LogP contribution in [0.5, 0.6) is 0 Å². The van der Waals surface area contributed by atoms with Crippen molar-refractivity contribution in [3.05, 3.63) is 24.0 Å². The molecule has 0 saturated heterocycles. The van der Waals surface area contributed by atoms with Crippen LogP contribution in [0.25, 0.3) is 5.65 Å². The fraction of sp³-hybridized carbons (Fsp3) is 0.333. The van der Waals surface area contributed by atoms with Crippen LogP contribution in [0.3, 0.4) is 0 Å². The average Bonchev–Trinajstić information content (AvgIpc) is 2.42. The Hall–Kier alpha value is -1.58. The van der Waals surface area contributed by atoms with E-state index in [4.69, 9.17) is 5.73 Å². The van der Waals surface area contributed by atoms with E-state index in [1.54, 1.807) is 10.7 Å². The van der Waals surface area contributed by atoms with Crippen molar-refractivity contribution >= 4 is 11.5 Å². The van der Waals surface area contributed by atoms with Gasteiger partial charge in [-0.05, 0) is 18.1 Å². The van der Waals surface area contributed by atoms with Crippen LogP contribution in [0.15, 0.2) is 18.3 Å². The summed E-state index contributed by atoms with van der Waals surface area (Å²) in [5.74, 6) is 0.932. The van der Waals surface area contributed by atoms with Gasteiger partial charge in [0, 0.05) is 0 Å². The number of anilines is 1. The Bertz CT molecular complexity index is 430. The summed E-state index contributed by atoms with van der Waals surface area (Å²) in [6, 6.07) is 3.91. The Morgan fingerprint density at radius 2 is 2.15 bits per heavy atom. The molecule has 0 unspecified atom stereocenters. The summed E-state index contributed by atoms with van der Waals surface area (Å²) in [5.41, 5.74) is 7.38. The Balaban J connectivity index is 2.61. The van der Waals surface area contributed by atoms with Crippen molar-refractivity contribution in [2.45, 2.75) is 19.8 Å². The van der Waals surface area contributed by atoms with E-state index in [1.165, 1.54) is 0 Å². The molecule has 0 fully saturated rings. The van der Waals surface area contributed by atoms with E-state index in [1.807, 2.05) is 12.1 Å². The topological polar surface area (TPSA) is 56.2 Å². The third-order valence-corrected chi connectivity index (χ3v) is 1.95. The molecule has 0 aromatic carbocycles. The summed E-state index contributed by atoms with van der Waals surface area (Å²) >= 11 is 0. The zero-order chi connectivity index (χ0) is 9.42. The Morgan fingerprint density at radius 3 is 2.85 bits per heavy atom. The van der Waals surface area contributed by atoms with Crippen LogP contribution in [0.2, 0.25) is 0 Å². The van der Waals surface area contributed by atoms with E-state index < -0.39 is 0 Å². The molecule has 0 aliphatic carbocycles. The molecule has 2 aromatic heterocycles. The van der Waals surface area contributed by atoms with Crippen LogP contribution in [0, 0.1) is 0 Å². The van der Waals surface area contributed by atoms with Gasteiger partial charge < -0.3 is 5.73 Å². The van der Waals surface area contributed by atoms with Gasteiger partial charge >= 0.3 is 0 Å². The van der Waals surface area contributed by atoms with Gasteiger partial charge in [-0.3, -0.25) is 0 Å². The fourth-order valence-corrected chi connectivity index (χ4v) is 1.22. The maximum absolute atomic E-state index is 5.54. The van der Waals surface area contributed by atoms with Crippen LogP contribution in [-0.4, -0.2) is 14.6 Å². The number of nitrogen functional groups attached to an aromatic ring is 1. The third-order valence-electron chi connectivity index (χ3n) is 1.95. The molecule has 0 atom stereocenters. The Morgan fingerprint density at radius 1 is 1.38 bits per heavy atom. The molecule has 2 rings (SSSR count). The van der Waals surface area contributed by atoms with Gasteiger partial charge in [-0.2, -0.15) is 5.10 Å². The normalized spacial score (nSPS) is 11.3. The average molecular weight is 176 g/mol. The largest absolute Gasteiger partial charge is 0.382 e. The van der Waals surface area contributed by atoms with Crippen molar-refractivity contribution in [2.24, 2.45) is 0 Å². The van der Waals surface area contributed by atoms with Crippen LogP contribution in [0.4, 0.5) is 5.82 Å². The summed E-state index contributed by atoms with van der Waals surface area (Å²) in [6.07, 6.45) is 1.72. The van der Waals surface area contributed by atoms with E-state index in [0.29, 0.717) is 11.7 Å². The zero-order valence-electron chi connectivity index (χ0n) is 7.73. The van der Waals surface area contributed by atoms with Crippen LogP contribution in [-0.2, 0) is 0 Å². The molecule has 4 nitrogen and oxygen atoms in total. The molecule has 4 heteroatoms. The standard InChI is InChI=1S/C9H12N4/c1-6(2)7-3-4-9-11-8(10)5-13(9)12-7/h3-6H,10H2,1-2H3. The minimum atomic E-state index is 0.424. The summed E-state index contributed by atoms with van der Waals surface area (Å²) in [6.45, 7) is 4.21. The summed E-state index contributed by atoms with van der Waals surface area (Å²) < 4.78 is 1.71. The van der Waals surface area contributed by atoms with Crippen molar-refractivity contribution in [1.29, 1.82) is 0 Å². The highest BCUT2D eigenvalue weighted by molar-refractivity contribution is 5.45. The Labute approximate surface area is 76.4 Å². The molecule has 2 heterocycles. The molecular weight excluding hydrogens is 164 g/mol. The molecule has 13 heavy (non-hydrogen) atoms. The van der Waals surface area contributed by atoms with E-state index in [9.17, 15) is 0 Å². The lowest BCUT2D eigenvalue weighted by atomic mass is 10.1. The number of nitrogens with zero attached hydrogens (tertiary/aromatic N) is 3. The first-order valence-corrected chi connectivity index (χ1v) is 4.28. The monoisotopic (exact) mass is 176 g/mol. The number of fused-ring (bicyclic) bond motifs is 1. The summed E-state index contributed by atoms with van der Waals surface area (Å²) in [7, 11) is 0. The molecule has 2 aromatic rings. The maximum Gasteiger partial charge on any atom is 0.155 e. The van der Waals surface area contributed by atoms with Crippen LogP contribution < -0.4 is 5.73 Å². The number of rotatable bonds is 1. The number of hydrogen-bond acceptors (Lipinski definition) is 3. The molecule has 0 saturated carbocycles. The van der Waals surface area contributed by atoms with Gasteiger partial charge in [0.25, 0.3) is 0 Å². The van der Waals surface area contributed by atoms with Crippen LogP contribution in [0.1, 0.15) is 25.5 Å². The lowest BCUT2D eigenvalue weighted by molar-refractivity contribution is 0.764. The van der Waals surface area contributed by atoms with Gasteiger partial charge in [0.1, 0.15) is 5.82 Å². The Kier molecular flexibility index (Phi) is 1.69. The van der Waals surface area contributed by atoms with Crippen molar-refractivity contribution in [3.8, 4) is 0 Å². The fourth-order valence-electron chi connectivity index (χ4n) is 1.22. The van der Waals surface area contributed by atoms with Gasteiger partial charge in [-0.15, -0.1) is 0 Å². The number of hydrogen-bond donors (Lipinski definition) is 1. The van der Waals surface area contributed by atoms with E-state index >= 15 is 0 Å². The van der Waals surface area contributed by atoms with Crippen LogP contribution >= 0.6 is 0 Å². The highest BCUT2D eigenvalue weighted by Crippen LogP contribution is 2.12. The molecule has 0 aliphatic rings. The molecule has 0 amide bonds. The molecule has 0 aliphatic heterocycles. The lowest BCUT2D eigenvalue weighted by Crippen LogP contribution is -1.98. The highest BCUT2D eigenvalue weighted by atomic mass is 15.3. The molecule has 68 valence electrons. The van der Waals surface area contributed by atoms with Gasteiger partial charge in [0.2, 0.25) is 0 Å². The predicted octanol–water partition coefficient (Wildman–Crippen LogP) is 1.43. The molecule has 0 radical (unpaired) electrons. The first kappa shape index (κ1) is 8.04. The quantitative estimate of drug-likeness (QED) is 0.715. The number of aromatic nitrogens is 3. The second-order valence-electron chi connectivity index (χ2n) is 3.38. The SMILES string of the molecule is CC(C)c1ccc2nc(N)cn2n1. The smallest absolute Gasteiger partial charge is 0.155 e. The zero-order valence-corrected chi connectivity index (χ0v) is 7.73. The maximum atomic E-state index is 5.54. The number of nitrogens with two attached hydrogens (primary N) is 1. The minimum absolute atomic E-state index is 0.424. The second-order valence-corrected chi connectivity index (χ2v) is 3.38. The van der Waals surface area contributed by atoms with Crippen molar-refractivity contribution < 1.29 is 0 Å². The third kappa shape index (κ3) is 1.35. The predicted molar refractivity (Wildman–Crippen MR) is 51.5 cm³/mol. The van der Waals surface area contributed by atoms with Crippen molar-refractivity contribution in [1.82, 2.24) is 14.6 Å². The lowest BCUT2D eigenvalue weighted by Gasteiger charge is -2.02. The number of imidazole rings is 1.